The molecule has 0 aromatic heterocycles. The summed E-state index contributed by atoms with van der Waals surface area (Å²) in [6.45, 7) is 7.67. The summed E-state index contributed by atoms with van der Waals surface area (Å²) in [5.41, 5.74) is 1.89. The van der Waals surface area contributed by atoms with Gasteiger partial charge in [0.15, 0.2) is 0 Å². The van der Waals surface area contributed by atoms with Gasteiger partial charge in [-0.3, -0.25) is 0 Å². The standard InChI is InChI=1S/C16H28N2O2/c1-5-9-17-13(3)15-7-6-14(11-16(15)20)18(4)10-8-12(2)19/h6-7,11-13,17,19-20H,5,8-10H2,1-4H3. The lowest BCUT2D eigenvalue weighted by molar-refractivity contribution is 0.187. The van der Waals surface area contributed by atoms with Crippen LogP contribution < -0.4 is 10.2 Å². The molecule has 1 aromatic carbocycles. The molecule has 0 amide bonds. The maximum absolute atomic E-state index is 10.2. The maximum atomic E-state index is 10.2. The number of phenols is 1. The topological polar surface area (TPSA) is 55.7 Å². The Morgan fingerprint density at radius 1 is 1.30 bits per heavy atom. The fourth-order valence-electron chi connectivity index (χ4n) is 2.12. The molecule has 4 heteroatoms. The molecule has 1 aromatic rings. The first-order chi connectivity index (χ1) is 9.45. The molecule has 0 aliphatic carbocycles. The summed E-state index contributed by atoms with van der Waals surface area (Å²) in [4.78, 5) is 2.04. The molecule has 0 saturated heterocycles. The van der Waals surface area contributed by atoms with E-state index in [1.54, 1.807) is 13.0 Å². The molecule has 0 fully saturated rings. The average Bonchev–Trinajstić information content (AvgIpc) is 2.41. The largest absolute Gasteiger partial charge is 0.508 e. The minimum atomic E-state index is -0.302. The number of hydrogen-bond donors (Lipinski definition) is 3. The molecular weight excluding hydrogens is 252 g/mol. The minimum Gasteiger partial charge on any atom is -0.508 e. The number of anilines is 1. The quantitative estimate of drug-likeness (QED) is 0.685. The monoisotopic (exact) mass is 280 g/mol. The molecule has 114 valence electrons. The number of hydrogen-bond acceptors (Lipinski definition) is 4. The van der Waals surface area contributed by atoms with Crippen LogP contribution in [-0.2, 0) is 0 Å². The van der Waals surface area contributed by atoms with Gasteiger partial charge in [0.25, 0.3) is 0 Å². The summed E-state index contributed by atoms with van der Waals surface area (Å²) >= 11 is 0. The molecular formula is C16H28N2O2. The third-order valence-electron chi connectivity index (χ3n) is 3.50. The van der Waals surface area contributed by atoms with E-state index < -0.39 is 0 Å². The van der Waals surface area contributed by atoms with Gasteiger partial charge >= 0.3 is 0 Å². The number of aliphatic hydroxyl groups is 1. The van der Waals surface area contributed by atoms with E-state index in [9.17, 15) is 10.2 Å². The Kier molecular flexibility index (Phi) is 6.82. The van der Waals surface area contributed by atoms with Crippen LogP contribution in [0.2, 0.25) is 0 Å². The van der Waals surface area contributed by atoms with E-state index in [4.69, 9.17) is 0 Å². The van der Waals surface area contributed by atoms with Gasteiger partial charge in [0, 0.05) is 37.0 Å². The number of phenolic OH excluding ortho intramolecular Hbond substituents is 1. The van der Waals surface area contributed by atoms with Crippen LogP contribution in [0.3, 0.4) is 0 Å². The van der Waals surface area contributed by atoms with Crippen molar-refractivity contribution in [3.63, 3.8) is 0 Å². The van der Waals surface area contributed by atoms with Gasteiger partial charge in [0.05, 0.1) is 6.10 Å². The predicted octanol–water partition coefficient (Wildman–Crippen LogP) is 2.66. The lowest BCUT2D eigenvalue weighted by atomic mass is 10.1. The van der Waals surface area contributed by atoms with Crippen LogP contribution in [-0.4, -0.2) is 36.5 Å². The molecule has 0 saturated carbocycles. The lowest BCUT2D eigenvalue weighted by Crippen LogP contribution is -2.22. The molecule has 0 spiro atoms. The Hall–Kier alpha value is -1.26. The lowest BCUT2D eigenvalue weighted by Gasteiger charge is -2.22. The fraction of sp³-hybridized carbons (Fsp3) is 0.625. The Morgan fingerprint density at radius 3 is 2.55 bits per heavy atom. The highest BCUT2D eigenvalue weighted by atomic mass is 16.3. The number of benzene rings is 1. The van der Waals surface area contributed by atoms with E-state index in [0.717, 1.165) is 30.8 Å². The van der Waals surface area contributed by atoms with Crippen LogP contribution in [0.1, 0.15) is 45.2 Å². The number of aliphatic hydroxyl groups excluding tert-OH is 1. The summed E-state index contributed by atoms with van der Waals surface area (Å²) in [6.07, 6.45) is 1.49. The first-order valence-corrected chi connectivity index (χ1v) is 7.41. The van der Waals surface area contributed by atoms with E-state index in [-0.39, 0.29) is 12.1 Å². The molecule has 4 nitrogen and oxygen atoms in total. The van der Waals surface area contributed by atoms with Crippen molar-refractivity contribution in [1.29, 1.82) is 0 Å². The van der Waals surface area contributed by atoms with Crippen LogP contribution >= 0.6 is 0 Å². The molecule has 0 aliphatic rings. The minimum absolute atomic E-state index is 0.145. The smallest absolute Gasteiger partial charge is 0.122 e. The van der Waals surface area contributed by atoms with E-state index >= 15 is 0 Å². The fourth-order valence-corrected chi connectivity index (χ4v) is 2.12. The zero-order valence-electron chi connectivity index (χ0n) is 13.1. The van der Waals surface area contributed by atoms with Crippen LogP contribution in [0.5, 0.6) is 5.75 Å². The molecule has 1 rings (SSSR count). The number of rotatable bonds is 8. The Balaban J connectivity index is 2.71. The van der Waals surface area contributed by atoms with Crippen molar-refractivity contribution in [3.8, 4) is 5.75 Å². The Morgan fingerprint density at radius 2 is 2.00 bits per heavy atom. The van der Waals surface area contributed by atoms with Crippen LogP contribution in [0.4, 0.5) is 5.69 Å². The summed E-state index contributed by atoms with van der Waals surface area (Å²) in [5, 5.41) is 22.9. The highest BCUT2D eigenvalue weighted by molar-refractivity contribution is 5.53. The Bertz CT molecular complexity index is 407. The maximum Gasteiger partial charge on any atom is 0.122 e. The molecule has 3 N–H and O–H groups in total. The van der Waals surface area contributed by atoms with Crippen molar-refractivity contribution >= 4 is 5.69 Å². The summed E-state index contributed by atoms with van der Waals surface area (Å²) in [7, 11) is 1.97. The van der Waals surface area contributed by atoms with Crippen molar-refractivity contribution in [2.24, 2.45) is 0 Å². The van der Waals surface area contributed by atoms with Gasteiger partial charge in [-0.25, -0.2) is 0 Å². The number of aromatic hydroxyl groups is 1. The van der Waals surface area contributed by atoms with Crippen LogP contribution in [0, 0.1) is 0 Å². The molecule has 0 heterocycles. The normalized spacial score (nSPS) is 14.1. The highest BCUT2D eigenvalue weighted by Gasteiger charge is 2.11. The van der Waals surface area contributed by atoms with Crippen molar-refractivity contribution in [1.82, 2.24) is 5.32 Å². The first kappa shape index (κ1) is 16.8. The van der Waals surface area contributed by atoms with Gasteiger partial charge in [-0.1, -0.05) is 13.0 Å². The van der Waals surface area contributed by atoms with Gasteiger partial charge in [-0.2, -0.15) is 0 Å². The van der Waals surface area contributed by atoms with Gasteiger partial charge < -0.3 is 20.4 Å². The van der Waals surface area contributed by atoms with Crippen molar-refractivity contribution in [2.75, 3.05) is 25.0 Å². The Labute approximate surface area is 122 Å². The SMILES string of the molecule is CCCNC(C)c1ccc(N(C)CCC(C)O)cc1O. The van der Waals surface area contributed by atoms with Gasteiger partial charge in [0.1, 0.15) is 5.75 Å². The number of nitrogens with zero attached hydrogens (tertiary/aromatic N) is 1. The molecule has 2 unspecified atom stereocenters. The van der Waals surface area contributed by atoms with Crippen LogP contribution in [0.25, 0.3) is 0 Å². The molecule has 0 aliphatic heterocycles. The zero-order chi connectivity index (χ0) is 15.1. The van der Waals surface area contributed by atoms with Crippen molar-refractivity contribution in [2.45, 2.75) is 45.8 Å². The van der Waals surface area contributed by atoms with E-state index in [1.165, 1.54) is 0 Å². The zero-order valence-corrected chi connectivity index (χ0v) is 13.1. The number of nitrogens with one attached hydrogen (secondary N) is 1. The van der Waals surface area contributed by atoms with Crippen molar-refractivity contribution < 1.29 is 10.2 Å². The third kappa shape index (κ3) is 5.02. The van der Waals surface area contributed by atoms with E-state index in [0.29, 0.717) is 12.2 Å². The first-order valence-electron chi connectivity index (χ1n) is 7.41. The average molecular weight is 280 g/mol. The molecule has 0 bridgehead atoms. The van der Waals surface area contributed by atoms with E-state index in [1.807, 2.05) is 24.1 Å². The van der Waals surface area contributed by atoms with Crippen LogP contribution in [0.15, 0.2) is 18.2 Å². The summed E-state index contributed by atoms with van der Waals surface area (Å²) in [5.74, 6) is 0.322. The second-order valence-electron chi connectivity index (χ2n) is 5.48. The van der Waals surface area contributed by atoms with Gasteiger partial charge in [-0.05, 0) is 39.3 Å². The molecule has 2 atom stereocenters. The van der Waals surface area contributed by atoms with Gasteiger partial charge in [-0.15, -0.1) is 0 Å². The van der Waals surface area contributed by atoms with E-state index in [2.05, 4.69) is 19.2 Å². The van der Waals surface area contributed by atoms with Gasteiger partial charge in [0.2, 0.25) is 0 Å². The summed E-state index contributed by atoms with van der Waals surface area (Å²) in [6, 6.07) is 5.92. The molecule has 0 radical (unpaired) electrons. The highest BCUT2D eigenvalue weighted by Crippen LogP contribution is 2.28. The van der Waals surface area contributed by atoms with Crippen molar-refractivity contribution in [3.05, 3.63) is 23.8 Å². The predicted molar refractivity (Wildman–Crippen MR) is 84.4 cm³/mol. The summed E-state index contributed by atoms with van der Waals surface area (Å²) < 4.78 is 0. The second-order valence-corrected chi connectivity index (χ2v) is 5.48. The molecule has 20 heavy (non-hydrogen) atoms. The second kappa shape index (κ2) is 8.12. The third-order valence-corrected chi connectivity index (χ3v) is 3.50.